The number of carbonyl (C=O) groups excluding carboxylic acids is 3. The topological polar surface area (TPSA) is 92.9 Å². The molecule has 4 rings (SSSR count). The van der Waals surface area contributed by atoms with Crippen molar-refractivity contribution in [1.29, 1.82) is 0 Å². The molecule has 0 saturated carbocycles. The van der Waals surface area contributed by atoms with Crippen molar-refractivity contribution in [3.05, 3.63) is 59.7 Å². The molecular weight excluding hydrogens is 394 g/mol. The van der Waals surface area contributed by atoms with Crippen LogP contribution < -0.4 is 10.5 Å². The lowest BCUT2D eigenvalue weighted by molar-refractivity contribution is -0.135. The van der Waals surface area contributed by atoms with Crippen molar-refractivity contribution in [2.24, 2.45) is 11.7 Å². The Hall–Kier alpha value is -3.35. The number of likely N-dealkylation sites (tertiary alicyclic amines) is 2. The molecule has 0 aromatic heterocycles. The lowest BCUT2D eigenvalue weighted by atomic mass is 9.95. The largest absolute Gasteiger partial charge is 0.457 e. The molecule has 7 nitrogen and oxygen atoms in total. The van der Waals surface area contributed by atoms with Crippen molar-refractivity contribution in [1.82, 2.24) is 9.80 Å². The summed E-state index contributed by atoms with van der Waals surface area (Å²) >= 11 is 0. The minimum Gasteiger partial charge on any atom is -0.457 e. The molecule has 0 radical (unpaired) electrons. The number of ether oxygens (including phenoxy) is 1. The van der Waals surface area contributed by atoms with Crippen LogP contribution in [0.25, 0.3) is 0 Å². The molecule has 0 unspecified atom stereocenters. The minimum absolute atomic E-state index is 0.0237. The summed E-state index contributed by atoms with van der Waals surface area (Å²) in [5.41, 5.74) is 6.25. The number of nitrogens with zero attached hydrogens (tertiary/aromatic N) is 2. The normalized spacial score (nSPS) is 16.9. The highest BCUT2D eigenvalue weighted by Crippen LogP contribution is 2.25. The predicted molar refractivity (Wildman–Crippen MR) is 116 cm³/mol. The molecule has 0 aliphatic carbocycles. The van der Waals surface area contributed by atoms with Crippen LogP contribution in [-0.4, -0.2) is 53.7 Å². The van der Waals surface area contributed by atoms with Crippen molar-refractivity contribution in [2.45, 2.75) is 25.7 Å². The van der Waals surface area contributed by atoms with E-state index in [2.05, 4.69) is 0 Å². The van der Waals surface area contributed by atoms with Crippen molar-refractivity contribution < 1.29 is 19.1 Å². The van der Waals surface area contributed by atoms with E-state index in [1.54, 1.807) is 48.5 Å². The molecule has 2 N–H and O–H groups in total. The van der Waals surface area contributed by atoms with E-state index < -0.39 is 5.91 Å². The fourth-order valence-electron chi connectivity index (χ4n) is 4.20. The van der Waals surface area contributed by atoms with E-state index in [1.807, 2.05) is 9.80 Å². The minimum atomic E-state index is -0.487. The standard InChI is InChI=1S/C24H27N3O4/c25-22(28)17-3-7-20(8-4-17)31-21-9-5-18(6-10-21)23(29)27-15-11-19(12-16-27)24(30)26-13-1-2-14-26/h3-10,19H,1-2,11-16H2,(H2,25,28). The van der Waals surface area contributed by atoms with Gasteiger partial charge in [0.15, 0.2) is 0 Å². The quantitative estimate of drug-likeness (QED) is 0.803. The summed E-state index contributed by atoms with van der Waals surface area (Å²) in [6, 6.07) is 13.5. The summed E-state index contributed by atoms with van der Waals surface area (Å²) in [4.78, 5) is 40.4. The van der Waals surface area contributed by atoms with E-state index in [0.29, 0.717) is 35.7 Å². The molecule has 3 amide bonds. The highest BCUT2D eigenvalue weighted by molar-refractivity contribution is 5.94. The summed E-state index contributed by atoms with van der Waals surface area (Å²) in [7, 11) is 0. The molecule has 31 heavy (non-hydrogen) atoms. The Labute approximate surface area is 181 Å². The van der Waals surface area contributed by atoms with Crippen LogP contribution in [0.4, 0.5) is 0 Å². The van der Waals surface area contributed by atoms with Crippen molar-refractivity contribution in [3.63, 3.8) is 0 Å². The number of piperidine rings is 1. The van der Waals surface area contributed by atoms with Gasteiger partial charge in [0.25, 0.3) is 5.91 Å². The van der Waals surface area contributed by atoms with Crippen molar-refractivity contribution >= 4 is 17.7 Å². The number of amides is 3. The zero-order valence-electron chi connectivity index (χ0n) is 17.5. The molecule has 2 aromatic carbocycles. The van der Waals surface area contributed by atoms with Gasteiger partial charge in [0, 0.05) is 43.2 Å². The van der Waals surface area contributed by atoms with Crippen LogP contribution in [0.5, 0.6) is 11.5 Å². The summed E-state index contributed by atoms with van der Waals surface area (Å²) in [6.07, 6.45) is 3.65. The third-order valence-corrected chi connectivity index (χ3v) is 6.02. The van der Waals surface area contributed by atoms with E-state index in [-0.39, 0.29) is 17.7 Å². The van der Waals surface area contributed by atoms with Crippen LogP contribution in [0.2, 0.25) is 0 Å². The molecule has 0 spiro atoms. The predicted octanol–water partition coefficient (Wildman–Crippen LogP) is 3.05. The molecule has 162 valence electrons. The molecular formula is C24H27N3O4. The highest BCUT2D eigenvalue weighted by atomic mass is 16.5. The van der Waals surface area contributed by atoms with Crippen LogP contribution >= 0.6 is 0 Å². The summed E-state index contributed by atoms with van der Waals surface area (Å²) in [6.45, 7) is 2.96. The van der Waals surface area contributed by atoms with E-state index in [0.717, 1.165) is 38.8 Å². The first kappa shape index (κ1) is 20.9. The van der Waals surface area contributed by atoms with E-state index in [9.17, 15) is 14.4 Å². The molecule has 7 heteroatoms. The maximum absolute atomic E-state index is 12.8. The van der Waals surface area contributed by atoms with E-state index >= 15 is 0 Å². The SMILES string of the molecule is NC(=O)c1ccc(Oc2ccc(C(=O)N3CCC(C(=O)N4CCCC4)CC3)cc2)cc1. The highest BCUT2D eigenvalue weighted by Gasteiger charge is 2.31. The molecule has 2 aliphatic rings. The molecule has 2 aliphatic heterocycles. The van der Waals surface area contributed by atoms with Gasteiger partial charge in [-0.25, -0.2) is 0 Å². The second-order valence-electron chi connectivity index (χ2n) is 8.11. The Bertz CT molecular complexity index is 942. The third kappa shape index (κ3) is 4.87. The first-order chi connectivity index (χ1) is 15.0. The number of primary amides is 1. The van der Waals surface area contributed by atoms with Gasteiger partial charge in [-0.2, -0.15) is 0 Å². The molecule has 2 heterocycles. The lowest BCUT2D eigenvalue weighted by Gasteiger charge is -2.33. The van der Waals surface area contributed by atoms with Crippen LogP contribution in [0.1, 0.15) is 46.4 Å². The Morgan fingerprint density at radius 3 is 1.77 bits per heavy atom. The van der Waals surface area contributed by atoms with Gasteiger partial charge in [0.05, 0.1) is 0 Å². The lowest BCUT2D eigenvalue weighted by Crippen LogP contribution is -2.43. The molecule has 2 saturated heterocycles. The van der Waals surface area contributed by atoms with Crippen LogP contribution in [0.3, 0.4) is 0 Å². The molecule has 2 aromatic rings. The molecule has 0 atom stereocenters. The molecule has 0 bridgehead atoms. The number of benzene rings is 2. The summed E-state index contributed by atoms with van der Waals surface area (Å²) in [5.74, 6) is 0.962. The number of hydrogen-bond acceptors (Lipinski definition) is 4. The van der Waals surface area contributed by atoms with Crippen molar-refractivity contribution in [2.75, 3.05) is 26.2 Å². The van der Waals surface area contributed by atoms with Crippen molar-refractivity contribution in [3.8, 4) is 11.5 Å². The van der Waals surface area contributed by atoms with Crippen LogP contribution in [-0.2, 0) is 4.79 Å². The summed E-state index contributed by atoms with van der Waals surface area (Å²) < 4.78 is 5.76. The van der Waals surface area contributed by atoms with Gasteiger partial charge in [-0.1, -0.05) is 0 Å². The van der Waals surface area contributed by atoms with Crippen LogP contribution in [0.15, 0.2) is 48.5 Å². The Kier molecular flexibility index (Phi) is 6.21. The zero-order valence-corrected chi connectivity index (χ0v) is 17.5. The number of nitrogens with two attached hydrogens (primary N) is 1. The van der Waals surface area contributed by atoms with Gasteiger partial charge >= 0.3 is 0 Å². The number of carbonyl (C=O) groups is 3. The second kappa shape index (κ2) is 9.20. The second-order valence-corrected chi connectivity index (χ2v) is 8.11. The van der Waals surface area contributed by atoms with Gasteiger partial charge in [0.2, 0.25) is 11.8 Å². The average molecular weight is 421 g/mol. The third-order valence-electron chi connectivity index (χ3n) is 6.02. The van der Waals surface area contributed by atoms with E-state index in [1.165, 1.54) is 0 Å². The number of rotatable bonds is 5. The molecule has 2 fully saturated rings. The van der Waals surface area contributed by atoms with Gasteiger partial charge in [0.1, 0.15) is 11.5 Å². The smallest absolute Gasteiger partial charge is 0.253 e. The first-order valence-corrected chi connectivity index (χ1v) is 10.8. The zero-order chi connectivity index (χ0) is 21.8. The number of hydrogen-bond donors (Lipinski definition) is 1. The monoisotopic (exact) mass is 421 g/mol. The first-order valence-electron chi connectivity index (χ1n) is 10.8. The Morgan fingerprint density at radius 1 is 0.742 bits per heavy atom. The van der Waals surface area contributed by atoms with Crippen LogP contribution in [0, 0.1) is 5.92 Å². The van der Waals surface area contributed by atoms with E-state index in [4.69, 9.17) is 10.5 Å². The summed E-state index contributed by atoms with van der Waals surface area (Å²) in [5, 5.41) is 0. The Balaban J connectivity index is 1.31. The maximum atomic E-state index is 12.8. The van der Waals surface area contributed by atoms with Gasteiger partial charge in [-0.3, -0.25) is 14.4 Å². The maximum Gasteiger partial charge on any atom is 0.253 e. The van der Waals surface area contributed by atoms with Gasteiger partial charge in [-0.05, 0) is 74.2 Å². The average Bonchev–Trinajstić information content (AvgIpc) is 3.34. The fourth-order valence-corrected chi connectivity index (χ4v) is 4.20. The van der Waals surface area contributed by atoms with Gasteiger partial charge in [-0.15, -0.1) is 0 Å². The fraction of sp³-hybridized carbons (Fsp3) is 0.375. The van der Waals surface area contributed by atoms with Gasteiger partial charge < -0.3 is 20.3 Å². The Morgan fingerprint density at radius 2 is 1.26 bits per heavy atom.